The molecule has 0 bridgehead atoms. The highest BCUT2D eigenvalue weighted by Crippen LogP contribution is 2.45. The molecule has 0 aliphatic carbocycles. The maximum atomic E-state index is 14.3. The largest absolute Gasteiger partial charge is 0.443 e. The number of nitrogens with zero attached hydrogens (tertiary/aromatic N) is 1. The Kier molecular flexibility index (Phi) is 7.94. The number of carbonyl (C=O) groups is 1. The topological polar surface area (TPSA) is 72.9 Å². The third kappa shape index (κ3) is 4.75. The third-order valence-corrected chi connectivity index (χ3v) is 5.16. The zero-order chi connectivity index (χ0) is 19.2. The first kappa shape index (κ1) is 25.7. The van der Waals surface area contributed by atoms with Crippen molar-refractivity contribution in [3.63, 3.8) is 0 Å². The molecule has 0 spiro atoms. The summed E-state index contributed by atoms with van der Waals surface area (Å²) in [7, 11) is -4.89. The maximum Gasteiger partial charge on any atom is 0.427 e. The van der Waals surface area contributed by atoms with Gasteiger partial charge in [0.1, 0.15) is 18.0 Å². The Hall–Kier alpha value is -1.33. The van der Waals surface area contributed by atoms with Crippen LogP contribution in [0.1, 0.15) is 41.2 Å². The second kappa shape index (κ2) is 8.36. The van der Waals surface area contributed by atoms with Crippen LogP contribution in [-0.2, 0) is 24.8 Å². The highest BCUT2D eigenvalue weighted by atomic mass is 79.9. The van der Waals surface area contributed by atoms with Gasteiger partial charge < -0.3 is 4.74 Å². The summed E-state index contributed by atoms with van der Waals surface area (Å²) in [5.41, 5.74) is -4.75. The van der Waals surface area contributed by atoms with E-state index in [1.807, 2.05) is 0 Å². The maximum absolute atomic E-state index is 14.3. The number of hydrogen-bond donors (Lipinski definition) is 0. The lowest BCUT2D eigenvalue weighted by Crippen LogP contribution is -2.54. The average molecular weight is 478 g/mol. The molecule has 0 radical (unpaired) electrons. The van der Waals surface area contributed by atoms with Gasteiger partial charge in [0, 0.05) is 10.0 Å². The molecule has 1 saturated heterocycles. The SMILES string of the molecule is C.C.CC(C)(C)OC(=O)N1C(c2cc(Br)ccc2F)(C(F)F)COS1(=O)=O. The van der Waals surface area contributed by atoms with E-state index in [9.17, 15) is 26.4 Å². The van der Waals surface area contributed by atoms with Gasteiger partial charge >= 0.3 is 16.4 Å². The zero-order valence-electron chi connectivity index (χ0n) is 13.4. The molecule has 156 valence electrons. The van der Waals surface area contributed by atoms with Crippen LogP contribution >= 0.6 is 15.9 Å². The number of benzene rings is 1. The molecule has 1 aliphatic heterocycles. The van der Waals surface area contributed by atoms with Gasteiger partial charge in [-0.15, -0.1) is 0 Å². The molecule has 6 nitrogen and oxygen atoms in total. The number of halogens is 4. The number of ether oxygens (including phenoxy) is 1. The van der Waals surface area contributed by atoms with Crippen LogP contribution in [-0.4, -0.2) is 37.4 Å². The van der Waals surface area contributed by atoms with Crippen LogP contribution in [0.2, 0.25) is 0 Å². The number of amides is 1. The van der Waals surface area contributed by atoms with E-state index >= 15 is 0 Å². The molecular formula is C16H23BrF3NO5S. The fourth-order valence-corrected chi connectivity index (χ4v) is 3.96. The first-order chi connectivity index (χ1) is 11.3. The van der Waals surface area contributed by atoms with E-state index in [0.29, 0.717) is 0 Å². The van der Waals surface area contributed by atoms with Crippen LogP contribution in [0.5, 0.6) is 0 Å². The molecule has 1 fully saturated rings. The van der Waals surface area contributed by atoms with Crippen LogP contribution in [0.25, 0.3) is 0 Å². The quantitative estimate of drug-likeness (QED) is 0.609. The number of carbonyl (C=O) groups excluding carboxylic acids is 1. The minimum Gasteiger partial charge on any atom is -0.443 e. The van der Waals surface area contributed by atoms with E-state index in [2.05, 4.69) is 20.1 Å². The van der Waals surface area contributed by atoms with Crippen LogP contribution in [0.3, 0.4) is 0 Å². The first-order valence-corrected chi connectivity index (χ1v) is 9.13. The Labute approximate surface area is 166 Å². The molecular weight excluding hydrogens is 455 g/mol. The highest BCUT2D eigenvalue weighted by molar-refractivity contribution is 9.10. The van der Waals surface area contributed by atoms with Crippen molar-refractivity contribution in [1.29, 1.82) is 0 Å². The van der Waals surface area contributed by atoms with Crippen molar-refractivity contribution in [2.24, 2.45) is 0 Å². The minimum absolute atomic E-state index is 0. The van der Waals surface area contributed by atoms with Crippen molar-refractivity contribution in [2.75, 3.05) is 6.61 Å². The Morgan fingerprint density at radius 1 is 1.33 bits per heavy atom. The van der Waals surface area contributed by atoms with E-state index in [1.165, 1.54) is 26.8 Å². The molecule has 0 aromatic heterocycles. The normalized spacial score (nSPS) is 21.4. The Bertz CT molecular complexity index is 798. The second-order valence-corrected chi connectivity index (χ2v) is 8.69. The van der Waals surface area contributed by atoms with E-state index in [1.54, 1.807) is 0 Å². The Morgan fingerprint density at radius 3 is 2.37 bits per heavy atom. The molecule has 1 aliphatic rings. The van der Waals surface area contributed by atoms with Crippen molar-refractivity contribution in [3.8, 4) is 0 Å². The van der Waals surface area contributed by atoms with Crippen molar-refractivity contribution >= 4 is 32.3 Å². The fraction of sp³-hybridized carbons (Fsp3) is 0.562. The summed E-state index contributed by atoms with van der Waals surface area (Å²) in [4.78, 5) is 12.3. The van der Waals surface area contributed by atoms with Gasteiger partial charge in [0.15, 0.2) is 5.54 Å². The number of rotatable bonds is 2. The first-order valence-electron chi connectivity index (χ1n) is 6.98. The summed E-state index contributed by atoms with van der Waals surface area (Å²) >= 11 is 3.01. The number of hydrogen-bond acceptors (Lipinski definition) is 5. The van der Waals surface area contributed by atoms with Crippen LogP contribution < -0.4 is 0 Å². The molecule has 11 heteroatoms. The van der Waals surface area contributed by atoms with Gasteiger partial charge in [-0.1, -0.05) is 30.8 Å². The third-order valence-electron chi connectivity index (χ3n) is 3.33. The fourth-order valence-electron chi connectivity index (χ4n) is 2.32. The van der Waals surface area contributed by atoms with Crippen molar-refractivity contribution in [1.82, 2.24) is 4.31 Å². The minimum atomic E-state index is -4.89. The van der Waals surface area contributed by atoms with Gasteiger partial charge in [0.05, 0.1) is 0 Å². The lowest BCUT2D eigenvalue weighted by atomic mass is 9.90. The molecule has 1 heterocycles. The second-order valence-electron chi connectivity index (χ2n) is 6.31. The van der Waals surface area contributed by atoms with Gasteiger partial charge in [-0.05, 0) is 39.0 Å². The molecule has 1 amide bonds. The van der Waals surface area contributed by atoms with Crippen LogP contribution in [0.4, 0.5) is 18.0 Å². The standard InChI is InChI=1S/C14H15BrF3NO5S.2CH4/c1-13(2,3)24-12(20)19-14(11(17)18,7-23-25(19,21)22)9-6-8(15)4-5-10(9)16;;/h4-6,11H,7H2,1-3H3;2*1H4. The molecule has 0 saturated carbocycles. The zero-order valence-corrected chi connectivity index (χ0v) is 15.8. The van der Waals surface area contributed by atoms with Gasteiger partial charge in [-0.3, -0.25) is 4.18 Å². The summed E-state index contributed by atoms with van der Waals surface area (Å²) < 4.78 is 75.9. The molecule has 1 atom stereocenters. The van der Waals surface area contributed by atoms with Gasteiger partial charge in [-0.2, -0.15) is 12.7 Å². The Morgan fingerprint density at radius 2 is 1.89 bits per heavy atom. The summed E-state index contributed by atoms with van der Waals surface area (Å²) in [6.07, 6.45) is -5.05. The smallest absolute Gasteiger partial charge is 0.427 e. The van der Waals surface area contributed by atoms with Crippen LogP contribution in [0, 0.1) is 5.82 Å². The van der Waals surface area contributed by atoms with Crippen molar-refractivity contribution < 1.29 is 35.3 Å². The predicted octanol–water partition coefficient (Wildman–Crippen LogP) is 4.83. The lowest BCUT2D eigenvalue weighted by Gasteiger charge is -2.35. The summed E-state index contributed by atoms with van der Waals surface area (Å²) in [5, 5.41) is 0. The Balaban J connectivity index is 0.00000338. The average Bonchev–Trinajstić information content (AvgIpc) is 2.72. The number of alkyl halides is 2. The molecule has 1 aromatic carbocycles. The molecule has 0 N–H and O–H groups in total. The van der Waals surface area contributed by atoms with Gasteiger partial charge in [0.2, 0.25) is 0 Å². The monoisotopic (exact) mass is 477 g/mol. The molecule has 2 rings (SSSR count). The van der Waals surface area contributed by atoms with E-state index in [0.717, 1.165) is 12.1 Å². The molecule has 27 heavy (non-hydrogen) atoms. The molecule has 1 unspecified atom stereocenters. The van der Waals surface area contributed by atoms with Crippen molar-refractivity contribution in [2.45, 2.75) is 53.2 Å². The van der Waals surface area contributed by atoms with E-state index in [-0.39, 0.29) is 23.6 Å². The van der Waals surface area contributed by atoms with Gasteiger partial charge in [-0.25, -0.2) is 18.0 Å². The lowest BCUT2D eigenvalue weighted by molar-refractivity contribution is -0.0349. The highest BCUT2D eigenvalue weighted by Gasteiger charge is 2.63. The van der Waals surface area contributed by atoms with E-state index in [4.69, 9.17) is 4.74 Å². The summed E-state index contributed by atoms with van der Waals surface area (Å²) in [5.74, 6) is -1.11. The summed E-state index contributed by atoms with van der Waals surface area (Å²) in [6.45, 7) is 3.15. The van der Waals surface area contributed by atoms with E-state index < -0.39 is 52.0 Å². The van der Waals surface area contributed by atoms with Crippen LogP contribution in [0.15, 0.2) is 22.7 Å². The van der Waals surface area contributed by atoms with Gasteiger partial charge in [0.25, 0.3) is 6.43 Å². The predicted molar refractivity (Wildman–Crippen MR) is 98.2 cm³/mol. The van der Waals surface area contributed by atoms with Crippen molar-refractivity contribution in [3.05, 3.63) is 34.1 Å². The summed E-state index contributed by atoms with van der Waals surface area (Å²) in [6, 6.07) is 3.10. The molecule has 1 aromatic rings.